The topological polar surface area (TPSA) is 70.7 Å². The molecule has 2 heterocycles. The second-order valence-electron chi connectivity index (χ2n) is 5.65. The molecule has 1 aromatic carbocycles. The van der Waals surface area contributed by atoms with Crippen molar-refractivity contribution >= 4 is 17.5 Å². The van der Waals surface area contributed by atoms with Gasteiger partial charge in [0.15, 0.2) is 0 Å². The number of anilines is 1. The highest BCUT2D eigenvalue weighted by Crippen LogP contribution is 2.17. The third-order valence-corrected chi connectivity index (χ3v) is 4.10. The van der Waals surface area contributed by atoms with Crippen molar-refractivity contribution in [1.82, 2.24) is 10.6 Å². The SMILES string of the molecule is O=C1CCC(NCc2ccc(N3CCOCC3)cc2)C(=O)N1. The molecule has 6 heteroatoms. The summed E-state index contributed by atoms with van der Waals surface area (Å²) in [5.41, 5.74) is 2.33. The Morgan fingerprint density at radius 2 is 1.91 bits per heavy atom. The van der Waals surface area contributed by atoms with Gasteiger partial charge in [0.05, 0.1) is 19.3 Å². The highest BCUT2D eigenvalue weighted by Gasteiger charge is 2.25. The molecule has 118 valence electrons. The van der Waals surface area contributed by atoms with Gasteiger partial charge in [-0.1, -0.05) is 12.1 Å². The van der Waals surface area contributed by atoms with Crippen molar-refractivity contribution in [1.29, 1.82) is 0 Å². The van der Waals surface area contributed by atoms with Gasteiger partial charge in [-0.2, -0.15) is 0 Å². The molecular weight excluding hydrogens is 282 g/mol. The maximum absolute atomic E-state index is 11.7. The maximum atomic E-state index is 11.7. The summed E-state index contributed by atoms with van der Waals surface area (Å²) in [6, 6.07) is 8.07. The van der Waals surface area contributed by atoms with Gasteiger partial charge in [0, 0.05) is 31.7 Å². The van der Waals surface area contributed by atoms with Crippen molar-refractivity contribution in [3.05, 3.63) is 29.8 Å². The average molecular weight is 303 g/mol. The van der Waals surface area contributed by atoms with E-state index < -0.39 is 0 Å². The number of ether oxygens (including phenoxy) is 1. The Morgan fingerprint density at radius 1 is 1.18 bits per heavy atom. The van der Waals surface area contributed by atoms with E-state index in [4.69, 9.17) is 4.74 Å². The Balaban J connectivity index is 1.52. The van der Waals surface area contributed by atoms with Gasteiger partial charge < -0.3 is 15.0 Å². The van der Waals surface area contributed by atoms with Crippen LogP contribution in [0.1, 0.15) is 18.4 Å². The highest BCUT2D eigenvalue weighted by atomic mass is 16.5. The summed E-state index contributed by atoms with van der Waals surface area (Å²) in [5.74, 6) is -0.404. The number of piperidine rings is 1. The number of hydrogen-bond donors (Lipinski definition) is 2. The summed E-state index contributed by atoms with van der Waals surface area (Å²) in [7, 11) is 0. The van der Waals surface area contributed by atoms with Crippen LogP contribution < -0.4 is 15.5 Å². The number of carbonyl (C=O) groups is 2. The summed E-state index contributed by atoms with van der Waals surface area (Å²) in [6.45, 7) is 4.02. The van der Waals surface area contributed by atoms with Gasteiger partial charge in [-0.05, 0) is 24.1 Å². The molecule has 2 fully saturated rings. The van der Waals surface area contributed by atoms with E-state index in [1.54, 1.807) is 0 Å². The lowest BCUT2D eigenvalue weighted by molar-refractivity contribution is -0.134. The molecular formula is C16H21N3O3. The largest absolute Gasteiger partial charge is 0.378 e. The van der Waals surface area contributed by atoms with Crippen LogP contribution in [0, 0.1) is 0 Å². The van der Waals surface area contributed by atoms with Gasteiger partial charge in [0.1, 0.15) is 0 Å². The van der Waals surface area contributed by atoms with Crippen molar-refractivity contribution in [2.24, 2.45) is 0 Å². The first-order valence-electron chi connectivity index (χ1n) is 7.71. The lowest BCUT2D eigenvalue weighted by Gasteiger charge is -2.29. The zero-order valence-corrected chi connectivity index (χ0v) is 12.5. The molecule has 1 atom stereocenters. The molecule has 6 nitrogen and oxygen atoms in total. The summed E-state index contributed by atoms with van der Waals surface area (Å²) >= 11 is 0. The quantitative estimate of drug-likeness (QED) is 0.789. The number of morpholine rings is 1. The molecule has 1 aromatic rings. The van der Waals surface area contributed by atoms with Gasteiger partial charge >= 0.3 is 0 Å². The zero-order chi connectivity index (χ0) is 15.4. The Labute approximate surface area is 129 Å². The minimum Gasteiger partial charge on any atom is -0.378 e. The third-order valence-electron chi connectivity index (χ3n) is 4.10. The van der Waals surface area contributed by atoms with Crippen LogP contribution in [-0.4, -0.2) is 44.2 Å². The van der Waals surface area contributed by atoms with E-state index in [1.165, 1.54) is 5.69 Å². The second kappa shape index (κ2) is 6.89. The Hall–Kier alpha value is -1.92. The summed E-state index contributed by atoms with van der Waals surface area (Å²) in [4.78, 5) is 25.1. The van der Waals surface area contributed by atoms with Gasteiger partial charge in [-0.25, -0.2) is 0 Å². The third kappa shape index (κ3) is 3.64. The molecule has 0 radical (unpaired) electrons. The predicted molar refractivity (Wildman–Crippen MR) is 82.5 cm³/mol. The standard InChI is InChI=1S/C16H21N3O3/c20-15-6-5-14(16(21)18-15)17-11-12-1-3-13(4-2-12)19-7-9-22-10-8-19/h1-4,14,17H,5-11H2,(H,18,20,21). The minimum absolute atomic E-state index is 0.182. The van der Waals surface area contributed by atoms with E-state index in [9.17, 15) is 9.59 Å². The lowest BCUT2D eigenvalue weighted by Crippen LogP contribution is -2.50. The summed E-state index contributed by atoms with van der Waals surface area (Å²) < 4.78 is 5.35. The van der Waals surface area contributed by atoms with Gasteiger partial charge in [-0.15, -0.1) is 0 Å². The molecule has 2 N–H and O–H groups in total. The molecule has 0 bridgehead atoms. The van der Waals surface area contributed by atoms with Gasteiger partial charge in [-0.3, -0.25) is 14.9 Å². The highest BCUT2D eigenvalue weighted by molar-refractivity contribution is 6.00. The van der Waals surface area contributed by atoms with Crippen molar-refractivity contribution in [3.63, 3.8) is 0 Å². The number of nitrogens with zero attached hydrogens (tertiary/aromatic N) is 1. The number of imide groups is 1. The van der Waals surface area contributed by atoms with E-state index in [1.807, 2.05) is 0 Å². The van der Waals surface area contributed by atoms with Crippen molar-refractivity contribution in [3.8, 4) is 0 Å². The van der Waals surface area contributed by atoms with Crippen LogP contribution in [0.25, 0.3) is 0 Å². The van der Waals surface area contributed by atoms with E-state index in [0.717, 1.165) is 31.9 Å². The first-order chi connectivity index (χ1) is 10.7. The number of amides is 2. The number of nitrogens with one attached hydrogen (secondary N) is 2. The molecule has 2 saturated heterocycles. The average Bonchev–Trinajstić information content (AvgIpc) is 2.55. The van der Waals surface area contributed by atoms with Crippen molar-refractivity contribution in [2.45, 2.75) is 25.4 Å². The first-order valence-corrected chi connectivity index (χ1v) is 7.71. The molecule has 22 heavy (non-hydrogen) atoms. The van der Waals surface area contributed by atoms with Crippen LogP contribution >= 0.6 is 0 Å². The smallest absolute Gasteiger partial charge is 0.243 e. The van der Waals surface area contributed by atoms with Crippen LogP contribution in [0.15, 0.2) is 24.3 Å². The number of rotatable bonds is 4. The fourth-order valence-corrected chi connectivity index (χ4v) is 2.78. The van der Waals surface area contributed by atoms with E-state index in [2.05, 4.69) is 39.8 Å². The fourth-order valence-electron chi connectivity index (χ4n) is 2.78. The lowest BCUT2D eigenvalue weighted by atomic mass is 10.1. The normalized spacial score (nSPS) is 22.5. The number of benzene rings is 1. The van der Waals surface area contributed by atoms with Gasteiger partial charge in [0.25, 0.3) is 0 Å². The van der Waals surface area contributed by atoms with Crippen LogP contribution in [0.4, 0.5) is 5.69 Å². The van der Waals surface area contributed by atoms with E-state index in [0.29, 0.717) is 19.4 Å². The predicted octanol–water partition coefficient (Wildman–Crippen LogP) is 0.418. The van der Waals surface area contributed by atoms with Crippen molar-refractivity contribution in [2.75, 3.05) is 31.2 Å². The minimum atomic E-state index is -0.281. The number of carbonyl (C=O) groups excluding carboxylic acids is 2. The second-order valence-corrected chi connectivity index (χ2v) is 5.65. The molecule has 0 spiro atoms. The Kier molecular flexibility index (Phi) is 4.70. The summed E-state index contributed by atoms with van der Waals surface area (Å²) in [5, 5.41) is 5.57. The van der Waals surface area contributed by atoms with Gasteiger partial charge in [0.2, 0.25) is 11.8 Å². The molecule has 0 aliphatic carbocycles. The van der Waals surface area contributed by atoms with E-state index >= 15 is 0 Å². The van der Waals surface area contributed by atoms with Crippen LogP contribution in [-0.2, 0) is 20.9 Å². The monoisotopic (exact) mass is 303 g/mol. The van der Waals surface area contributed by atoms with Crippen molar-refractivity contribution < 1.29 is 14.3 Å². The Morgan fingerprint density at radius 3 is 2.59 bits per heavy atom. The molecule has 2 aliphatic heterocycles. The molecule has 0 aromatic heterocycles. The molecule has 1 unspecified atom stereocenters. The Bertz CT molecular complexity index is 538. The molecule has 0 saturated carbocycles. The van der Waals surface area contributed by atoms with Crippen LogP contribution in [0.2, 0.25) is 0 Å². The van der Waals surface area contributed by atoms with Crippen LogP contribution in [0.3, 0.4) is 0 Å². The molecule has 2 aliphatic rings. The van der Waals surface area contributed by atoms with Crippen LogP contribution in [0.5, 0.6) is 0 Å². The molecule has 3 rings (SSSR count). The zero-order valence-electron chi connectivity index (χ0n) is 12.5. The number of hydrogen-bond acceptors (Lipinski definition) is 5. The first kappa shape index (κ1) is 15.0. The van der Waals surface area contributed by atoms with E-state index in [-0.39, 0.29) is 17.9 Å². The fraction of sp³-hybridized carbons (Fsp3) is 0.500. The summed E-state index contributed by atoms with van der Waals surface area (Å²) in [6.07, 6.45) is 0.968. The maximum Gasteiger partial charge on any atom is 0.243 e. The molecule has 2 amide bonds.